The maximum absolute atomic E-state index is 12.1. The first kappa shape index (κ1) is 11.0. The van der Waals surface area contributed by atoms with Gasteiger partial charge in [0.15, 0.2) is 0 Å². The summed E-state index contributed by atoms with van der Waals surface area (Å²) in [6.45, 7) is -0.581. The van der Waals surface area contributed by atoms with E-state index in [1.807, 2.05) is 24.3 Å². The van der Waals surface area contributed by atoms with Crippen molar-refractivity contribution in [2.75, 3.05) is 18.1 Å². The molecule has 1 aliphatic rings. The molecule has 1 N–H and O–H groups in total. The van der Waals surface area contributed by atoms with E-state index >= 15 is 0 Å². The van der Waals surface area contributed by atoms with Crippen molar-refractivity contribution in [3.8, 4) is 0 Å². The molecular formula is C11H11F3N2. The number of anilines is 1. The Morgan fingerprint density at radius 1 is 1.25 bits per heavy atom. The van der Waals surface area contributed by atoms with Gasteiger partial charge in [-0.05, 0) is 11.6 Å². The molecule has 0 bridgehead atoms. The second kappa shape index (κ2) is 4.17. The number of nitrogens with one attached hydrogen (secondary N) is 1. The lowest BCUT2D eigenvalue weighted by Crippen LogP contribution is -2.44. The quantitative estimate of drug-likeness (QED) is 0.837. The molecule has 0 aromatic heterocycles. The van der Waals surface area contributed by atoms with Crippen LogP contribution in [0.15, 0.2) is 30.3 Å². The Bertz CT molecular complexity index is 398. The molecule has 0 unspecified atom stereocenters. The highest BCUT2D eigenvalue weighted by atomic mass is 19.4. The summed E-state index contributed by atoms with van der Waals surface area (Å²) in [5, 5.41) is 1.50. The Kier molecular flexibility index (Phi) is 2.87. The normalized spacial score (nSPS) is 15.1. The van der Waals surface area contributed by atoms with Crippen LogP contribution in [0.4, 0.5) is 18.9 Å². The van der Waals surface area contributed by atoms with E-state index < -0.39 is 12.7 Å². The van der Waals surface area contributed by atoms with Crippen LogP contribution in [0.3, 0.4) is 0 Å². The molecule has 1 aromatic rings. The predicted octanol–water partition coefficient (Wildman–Crippen LogP) is 2.59. The van der Waals surface area contributed by atoms with Gasteiger partial charge in [-0.2, -0.15) is 13.2 Å². The largest absolute Gasteiger partial charge is 0.402 e. The monoisotopic (exact) mass is 228 g/mol. The Labute approximate surface area is 91.3 Å². The van der Waals surface area contributed by atoms with Gasteiger partial charge in [-0.1, -0.05) is 30.4 Å². The first-order valence-electron chi connectivity index (χ1n) is 4.90. The Morgan fingerprint density at radius 2 is 2.00 bits per heavy atom. The fourth-order valence-corrected chi connectivity index (χ4v) is 1.59. The smallest absolute Gasteiger partial charge is 0.304 e. The van der Waals surface area contributed by atoms with Gasteiger partial charge in [0, 0.05) is 0 Å². The highest BCUT2D eigenvalue weighted by Crippen LogP contribution is 2.24. The Morgan fingerprint density at radius 3 is 2.75 bits per heavy atom. The molecule has 0 amide bonds. The minimum atomic E-state index is -4.20. The van der Waals surface area contributed by atoms with Crippen molar-refractivity contribution in [3.05, 3.63) is 35.9 Å². The molecule has 86 valence electrons. The van der Waals surface area contributed by atoms with Crippen LogP contribution >= 0.6 is 0 Å². The fourth-order valence-electron chi connectivity index (χ4n) is 1.59. The van der Waals surface area contributed by atoms with E-state index in [0.717, 1.165) is 11.3 Å². The minimum absolute atomic E-state index is 0.438. The van der Waals surface area contributed by atoms with Crippen LogP contribution in [-0.2, 0) is 0 Å². The number of hydrazine groups is 1. The summed E-state index contributed by atoms with van der Waals surface area (Å²) in [5.41, 5.74) is 4.07. The molecule has 2 rings (SSSR count). The molecule has 0 atom stereocenters. The standard InChI is InChI=1S/C11H11F3N2/c12-11(13,14)8-15-16-7-3-5-9-4-1-2-6-10(9)16/h1-6,15H,7-8H2. The lowest BCUT2D eigenvalue weighted by Gasteiger charge is -2.28. The van der Waals surface area contributed by atoms with E-state index in [4.69, 9.17) is 0 Å². The van der Waals surface area contributed by atoms with Gasteiger partial charge < -0.3 is 5.01 Å². The molecular weight excluding hydrogens is 217 g/mol. The van der Waals surface area contributed by atoms with E-state index in [1.54, 1.807) is 12.1 Å². The molecule has 0 spiro atoms. The SMILES string of the molecule is FC(F)(F)CNN1CC=Cc2ccccc21. The van der Waals surface area contributed by atoms with Gasteiger partial charge in [0.05, 0.1) is 12.2 Å². The summed E-state index contributed by atoms with van der Waals surface area (Å²) in [4.78, 5) is 0. The van der Waals surface area contributed by atoms with Crippen molar-refractivity contribution in [2.45, 2.75) is 6.18 Å². The van der Waals surface area contributed by atoms with Crippen LogP contribution < -0.4 is 10.4 Å². The van der Waals surface area contributed by atoms with E-state index in [1.165, 1.54) is 5.01 Å². The zero-order chi connectivity index (χ0) is 11.6. The van der Waals surface area contributed by atoms with Gasteiger partial charge in [0.25, 0.3) is 0 Å². The zero-order valence-electron chi connectivity index (χ0n) is 8.46. The van der Waals surface area contributed by atoms with Crippen LogP contribution in [0.5, 0.6) is 0 Å². The molecule has 1 aliphatic heterocycles. The minimum Gasteiger partial charge on any atom is -0.304 e. The van der Waals surface area contributed by atoms with Crippen LogP contribution in [0.2, 0.25) is 0 Å². The molecule has 0 radical (unpaired) electrons. The zero-order valence-corrected chi connectivity index (χ0v) is 8.46. The lowest BCUT2D eigenvalue weighted by atomic mass is 10.1. The van der Waals surface area contributed by atoms with Crippen molar-refractivity contribution in [1.82, 2.24) is 5.43 Å². The molecule has 0 fully saturated rings. The third-order valence-electron chi connectivity index (χ3n) is 2.28. The van der Waals surface area contributed by atoms with Crippen molar-refractivity contribution >= 4 is 11.8 Å². The summed E-state index contributed by atoms with van der Waals surface area (Å²) in [6.07, 6.45) is -0.469. The number of fused-ring (bicyclic) bond motifs is 1. The van der Waals surface area contributed by atoms with E-state index in [9.17, 15) is 13.2 Å². The fraction of sp³-hybridized carbons (Fsp3) is 0.273. The molecule has 16 heavy (non-hydrogen) atoms. The van der Waals surface area contributed by atoms with Crippen LogP contribution in [0.1, 0.15) is 5.56 Å². The van der Waals surface area contributed by atoms with Crippen LogP contribution in [0.25, 0.3) is 6.08 Å². The summed E-state index contributed by atoms with van der Waals surface area (Å²) >= 11 is 0. The van der Waals surface area contributed by atoms with Crippen molar-refractivity contribution in [1.29, 1.82) is 0 Å². The van der Waals surface area contributed by atoms with Gasteiger partial charge >= 0.3 is 6.18 Å². The van der Waals surface area contributed by atoms with Crippen molar-refractivity contribution in [3.63, 3.8) is 0 Å². The molecule has 0 saturated heterocycles. The first-order valence-corrected chi connectivity index (χ1v) is 4.90. The lowest BCUT2D eigenvalue weighted by molar-refractivity contribution is -0.125. The van der Waals surface area contributed by atoms with E-state index in [0.29, 0.717) is 6.54 Å². The summed E-state index contributed by atoms with van der Waals surface area (Å²) in [7, 11) is 0. The summed E-state index contributed by atoms with van der Waals surface area (Å²) in [5.74, 6) is 0. The number of benzene rings is 1. The maximum atomic E-state index is 12.1. The van der Waals surface area contributed by atoms with E-state index in [-0.39, 0.29) is 0 Å². The number of alkyl halides is 3. The molecule has 1 aromatic carbocycles. The topological polar surface area (TPSA) is 15.3 Å². The van der Waals surface area contributed by atoms with Gasteiger partial charge in [-0.15, -0.1) is 0 Å². The highest BCUT2D eigenvalue weighted by Gasteiger charge is 2.28. The third kappa shape index (κ3) is 2.55. The van der Waals surface area contributed by atoms with Gasteiger partial charge in [0.2, 0.25) is 0 Å². The van der Waals surface area contributed by atoms with Crippen molar-refractivity contribution < 1.29 is 13.2 Å². The molecule has 0 saturated carbocycles. The second-order valence-corrected chi connectivity index (χ2v) is 3.52. The molecule has 2 nitrogen and oxygen atoms in total. The number of hydrogen-bond acceptors (Lipinski definition) is 2. The van der Waals surface area contributed by atoms with Crippen LogP contribution in [0, 0.1) is 0 Å². The Balaban J connectivity index is 2.10. The number of halogens is 3. The maximum Gasteiger partial charge on any atom is 0.402 e. The third-order valence-corrected chi connectivity index (χ3v) is 2.28. The highest BCUT2D eigenvalue weighted by molar-refractivity contribution is 5.70. The summed E-state index contributed by atoms with van der Waals surface area (Å²) in [6, 6.07) is 7.33. The second-order valence-electron chi connectivity index (χ2n) is 3.52. The van der Waals surface area contributed by atoms with Gasteiger partial charge in [0.1, 0.15) is 6.54 Å². The molecule has 0 aliphatic carbocycles. The number of nitrogens with zero attached hydrogens (tertiary/aromatic N) is 1. The average molecular weight is 228 g/mol. The van der Waals surface area contributed by atoms with E-state index in [2.05, 4.69) is 5.43 Å². The first-order chi connectivity index (χ1) is 7.56. The number of hydrogen-bond donors (Lipinski definition) is 1. The van der Waals surface area contributed by atoms with Gasteiger partial charge in [-0.3, -0.25) is 0 Å². The molecule has 1 heterocycles. The van der Waals surface area contributed by atoms with Crippen LogP contribution in [-0.4, -0.2) is 19.3 Å². The number of rotatable bonds is 2. The molecule has 5 heteroatoms. The Hall–Kier alpha value is -1.49. The average Bonchev–Trinajstić information content (AvgIpc) is 2.25. The van der Waals surface area contributed by atoms with Gasteiger partial charge in [-0.25, -0.2) is 5.43 Å². The summed E-state index contributed by atoms with van der Waals surface area (Å²) < 4.78 is 36.2. The number of para-hydroxylation sites is 1. The predicted molar refractivity (Wildman–Crippen MR) is 56.9 cm³/mol. The van der Waals surface area contributed by atoms with Crippen molar-refractivity contribution in [2.24, 2.45) is 0 Å².